The Balaban J connectivity index is 0.00000324. The number of nitrogens with zero attached hydrogens (tertiary/aromatic N) is 3. The Morgan fingerprint density at radius 3 is 2.44 bits per heavy atom. The number of rotatable bonds is 6. The van der Waals surface area contributed by atoms with E-state index in [1.807, 2.05) is 58.3 Å². The SMILES string of the molecule is Cc1cccc2c(N)c3cccc(C(=O)NC(C)[N+](C)(C)Cc4ccc([N+](=O)[O-])s4)c3nc12.[Cl-]. The molecule has 1 unspecified atom stereocenters. The molecule has 2 heterocycles. The fourth-order valence-corrected chi connectivity index (χ4v) is 4.89. The zero-order valence-electron chi connectivity index (χ0n) is 19.3. The molecule has 0 bridgehead atoms. The van der Waals surface area contributed by atoms with Crippen molar-refractivity contribution in [1.82, 2.24) is 10.3 Å². The molecule has 2 aromatic heterocycles. The topological polar surface area (TPSA) is 111 Å². The number of aryl methyl sites for hydroxylation is 1. The molecule has 0 fully saturated rings. The van der Waals surface area contributed by atoms with Gasteiger partial charge < -0.3 is 27.9 Å². The molecule has 2 aromatic carbocycles. The number of quaternary nitrogens is 1. The minimum Gasteiger partial charge on any atom is -1.00 e. The summed E-state index contributed by atoms with van der Waals surface area (Å²) in [6.07, 6.45) is -0.256. The Morgan fingerprint density at radius 1 is 1.15 bits per heavy atom. The molecular formula is C24H26ClN5O3S. The van der Waals surface area contributed by atoms with Crippen LogP contribution in [-0.2, 0) is 6.54 Å². The van der Waals surface area contributed by atoms with Gasteiger partial charge in [-0.2, -0.15) is 0 Å². The summed E-state index contributed by atoms with van der Waals surface area (Å²) in [4.78, 5) is 29.6. The van der Waals surface area contributed by atoms with Crippen LogP contribution in [0.5, 0.6) is 0 Å². The Hall–Kier alpha value is -3.27. The molecule has 0 aliphatic carbocycles. The predicted molar refractivity (Wildman–Crippen MR) is 132 cm³/mol. The monoisotopic (exact) mass is 499 g/mol. The summed E-state index contributed by atoms with van der Waals surface area (Å²) in [6.45, 7) is 4.44. The maximum atomic E-state index is 13.3. The molecule has 10 heteroatoms. The van der Waals surface area contributed by atoms with Crippen LogP contribution in [0.25, 0.3) is 21.8 Å². The van der Waals surface area contributed by atoms with Crippen molar-refractivity contribution >= 4 is 49.7 Å². The van der Waals surface area contributed by atoms with Crippen molar-refractivity contribution in [1.29, 1.82) is 0 Å². The molecule has 4 rings (SSSR count). The number of pyridine rings is 1. The molecule has 0 aliphatic heterocycles. The van der Waals surface area contributed by atoms with Crippen LogP contribution in [0.15, 0.2) is 48.5 Å². The first-order valence-electron chi connectivity index (χ1n) is 10.5. The van der Waals surface area contributed by atoms with E-state index in [1.165, 1.54) is 6.07 Å². The average Bonchev–Trinajstić information content (AvgIpc) is 3.22. The second-order valence-electron chi connectivity index (χ2n) is 8.78. The summed E-state index contributed by atoms with van der Waals surface area (Å²) in [7, 11) is 3.96. The molecule has 1 amide bonds. The van der Waals surface area contributed by atoms with Gasteiger partial charge in [-0.1, -0.05) is 41.7 Å². The van der Waals surface area contributed by atoms with Crippen molar-refractivity contribution in [3.8, 4) is 0 Å². The van der Waals surface area contributed by atoms with E-state index in [9.17, 15) is 14.9 Å². The maximum Gasteiger partial charge on any atom is 0.324 e. The number of fused-ring (bicyclic) bond motifs is 2. The number of nitrogens with two attached hydrogens (primary N) is 1. The average molecular weight is 500 g/mol. The molecule has 178 valence electrons. The van der Waals surface area contributed by atoms with Crippen LogP contribution in [0.3, 0.4) is 0 Å². The Morgan fingerprint density at radius 2 is 1.79 bits per heavy atom. The van der Waals surface area contributed by atoms with Crippen LogP contribution in [0.2, 0.25) is 0 Å². The molecule has 4 aromatic rings. The molecule has 3 N–H and O–H groups in total. The van der Waals surface area contributed by atoms with E-state index in [0.29, 0.717) is 27.8 Å². The van der Waals surface area contributed by atoms with E-state index in [0.717, 1.165) is 38.1 Å². The Bertz CT molecular complexity index is 1400. The Labute approximate surface area is 207 Å². The number of halogens is 1. The van der Waals surface area contributed by atoms with Crippen LogP contribution in [0.1, 0.15) is 27.7 Å². The molecule has 0 saturated carbocycles. The van der Waals surface area contributed by atoms with E-state index in [1.54, 1.807) is 12.1 Å². The highest BCUT2D eigenvalue weighted by atomic mass is 35.5. The van der Waals surface area contributed by atoms with E-state index >= 15 is 0 Å². The van der Waals surface area contributed by atoms with E-state index < -0.39 is 0 Å². The number of carbonyl (C=O) groups is 1. The fourth-order valence-electron chi connectivity index (χ4n) is 3.88. The standard InChI is InChI=1S/C24H25N5O3S.ClH/c1-14-7-5-8-17-21(25)18-9-6-10-19(23(18)27-22(14)17)24(30)26-15(2)29(3,4)13-16-11-12-20(33-16)28(31)32;/h5-12,15H,13H2,1-4H3,(H2-,25,26,27,30);1H. The second kappa shape index (κ2) is 9.54. The second-order valence-corrected chi connectivity index (χ2v) is 9.93. The van der Waals surface area contributed by atoms with Gasteiger partial charge >= 0.3 is 5.00 Å². The van der Waals surface area contributed by atoms with Gasteiger partial charge in [0, 0.05) is 23.8 Å². The highest BCUT2D eigenvalue weighted by Gasteiger charge is 2.28. The number of nitrogen functional groups attached to an aromatic ring is 1. The quantitative estimate of drug-likeness (QED) is 0.138. The first-order chi connectivity index (χ1) is 15.6. The van der Waals surface area contributed by atoms with Crippen molar-refractivity contribution < 1.29 is 26.6 Å². The summed E-state index contributed by atoms with van der Waals surface area (Å²) in [5, 5.41) is 15.8. The van der Waals surface area contributed by atoms with Gasteiger partial charge in [0.15, 0.2) is 6.17 Å². The van der Waals surface area contributed by atoms with Crippen LogP contribution >= 0.6 is 11.3 Å². The van der Waals surface area contributed by atoms with E-state index in [4.69, 9.17) is 10.7 Å². The molecule has 34 heavy (non-hydrogen) atoms. The summed E-state index contributed by atoms with van der Waals surface area (Å²) in [5.41, 5.74) is 9.87. The molecule has 0 saturated heterocycles. The molecular weight excluding hydrogens is 474 g/mol. The molecule has 0 radical (unpaired) electrons. The van der Waals surface area contributed by atoms with Crippen LogP contribution < -0.4 is 23.5 Å². The molecule has 0 spiro atoms. The Kier molecular flexibility index (Phi) is 7.11. The zero-order chi connectivity index (χ0) is 23.9. The van der Waals surface area contributed by atoms with Crippen molar-refractivity contribution in [3.05, 3.63) is 74.6 Å². The van der Waals surface area contributed by atoms with Gasteiger partial charge in [-0.15, -0.1) is 0 Å². The third-order valence-corrected chi connectivity index (χ3v) is 7.12. The third kappa shape index (κ3) is 4.68. The normalized spacial score (nSPS) is 12.4. The first kappa shape index (κ1) is 25.4. The van der Waals surface area contributed by atoms with Crippen LogP contribution in [0, 0.1) is 17.0 Å². The predicted octanol–water partition coefficient (Wildman–Crippen LogP) is 1.60. The molecule has 0 aliphatic rings. The molecule has 1 atom stereocenters. The minimum absolute atomic E-state index is 0. The number of hydrogen-bond acceptors (Lipinski definition) is 6. The van der Waals surface area contributed by atoms with Gasteiger partial charge in [0.25, 0.3) is 5.91 Å². The first-order valence-corrected chi connectivity index (χ1v) is 11.3. The number of nitro groups is 1. The van der Waals surface area contributed by atoms with Gasteiger partial charge in [0.05, 0.1) is 46.2 Å². The van der Waals surface area contributed by atoms with Crippen molar-refractivity contribution in [2.75, 3.05) is 19.8 Å². The van der Waals surface area contributed by atoms with Gasteiger partial charge in [-0.3, -0.25) is 14.9 Å². The van der Waals surface area contributed by atoms with Gasteiger partial charge in [0.2, 0.25) is 0 Å². The third-order valence-electron chi connectivity index (χ3n) is 6.10. The number of benzene rings is 2. The molecule has 8 nitrogen and oxygen atoms in total. The number of anilines is 1. The number of thiophene rings is 1. The summed E-state index contributed by atoms with van der Waals surface area (Å²) >= 11 is 1.16. The summed E-state index contributed by atoms with van der Waals surface area (Å²) in [5.74, 6) is -0.240. The number of amides is 1. The minimum atomic E-state index is -0.385. The van der Waals surface area contributed by atoms with Crippen molar-refractivity contribution in [2.45, 2.75) is 26.6 Å². The largest absolute Gasteiger partial charge is 1.00 e. The van der Waals surface area contributed by atoms with E-state index in [-0.39, 0.29) is 34.4 Å². The van der Waals surface area contributed by atoms with Gasteiger partial charge in [-0.25, -0.2) is 4.98 Å². The van der Waals surface area contributed by atoms with Crippen LogP contribution in [-0.4, -0.2) is 40.6 Å². The van der Waals surface area contributed by atoms with Crippen molar-refractivity contribution in [2.24, 2.45) is 0 Å². The lowest BCUT2D eigenvalue weighted by atomic mass is 10.0. The fraction of sp³-hybridized carbons (Fsp3) is 0.250. The lowest BCUT2D eigenvalue weighted by Crippen LogP contribution is -3.00. The number of carbonyl (C=O) groups excluding carboxylic acids is 1. The highest BCUT2D eigenvalue weighted by molar-refractivity contribution is 7.15. The number of para-hydroxylation sites is 2. The highest BCUT2D eigenvalue weighted by Crippen LogP contribution is 2.31. The zero-order valence-corrected chi connectivity index (χ0v) is 20.9. The number of aromatic nitrogens is 1. The van der Waals surface area contributed by atoms with Gasteiger partial charge in [-0.05, 0) is 24.6 Å². The lowest BCUT2D eigenvalue weighted by Gasteiger charge is -2.35. The maximum absolute atomic E-state index is 13.3. The lowest BCUT2D eigenvalue weighted by molar-refractivity contribution is -0.927. The number of nitrogens with one attached hydrogen (secondary N) is 1. The number of hydrogen-bond donors (Lipinski definition) is 2. The van der Waals surface area contributed by atoms with Crippen molar-refractivity contribution in [3.63, 3.8) is 0 Å². The van der Waals surface area contributed by atoms with Gasteiger partial charge in [0.1, 0.15) is 6.54 Å². The summed E-state index contributed by atoms with van der Waals surface area (Å²) in [6, 6.07) is 14.6. The summed E-state index contributed by atoms with van der Waals surface area (Å²) < 4.78 is 0.422. The van der Waals surface area contributed by atoms with Crippen LogP contribution in [0.4, 0.5) is 10.7 Å². The van der Waals surface area contributed by atoms with E-state index in [2.05, 4.69) is 5.32 Å². The smallest absolute Gasteiger partial charge is 0.324 e.